The molecule has 3 rings (SSSR count). The van der Waals surface area contributed by atoms with Gasteiger partial charge in [0.1, 0.15) is 5.75 Å². The second-order valence-corrected chi connectivity index (χ2v) is 7.28. The van der Waals surface area contributed by atoms with Gasteiger partial charge >= 0.3 is 0 Å². The Morgan fingerprint density at radius 3 is 2.75 bits per heavy atom. The smallest absolute Gasteiger partial charge is 0.152 e. The van der Waals surface area contributed by atoms with Gasteiger partial charge in [-0.3, -0.25) is 4.99 Å². The molecule has 104 valence electrons. The fraction of sp³-hybridized carbons (Fsp3) is 0.267. The second kappa shape index (κ2) is 4.90. The molecule has 5 heteroatoms. The highest BCUT2D eigenvalue weighted by atomic mass is 32.2. The highest BCUT2D eigenvalue weighted by Crippen LogP contribution is 2.26. The zero-order valence-electron chi connectivity index (χ0n) is 10.9. The van der Waals surface area contributed by atoms with Crippen molar-refractivity contribution in [1.29, 1.82) is 0 Å². The predicted molar refractivity (Wildman–Crippen MR) is 80.3 cm³/mol. The molecule has 1 fully saturated rings. The van der Waals surface area contributed by atoms with Crippen LogP contribution in [0.4, 0.5) is 0 Å². The third kappa shape index (κ3) is 2.54. The molecule has 1 saturated heterocycles. The van der Waals surface area contributed by atoms with E-state index in [2.05, 4.69) is 4.99 Å². The van der Waals surface area contributed by atoms with E-state index >= 15 is 0 Å². The Kier molecular flexibility index (Phi) is 3.22. The average Bonchev–Trinajstić information content (AvgIpc) is 2.77. The summed E-state index contributed by atoms with van der Waals surface area (Å²) in [7, 11) is -2.93. The van der Waals surface area contributed by atoms with E-state index in [1.165, 1.54) is 0 Å². The number of sulfone groups is 1. The van der Waals surface area contributed by atoms with Gasteiger partial charge in [-0.1, -0.05) is 30.3 Å². The minimum atomic E-state index is -2.93. The first-order chi connectivity index (χ1) is 9.55. The van der Waals surface area contributed by atoms with Crippen LogP contribution in [0.2, 0.25) is 0 Å². The van der Waals surface area contributed by atoms with Crippen LogP contribution < -0.4 is 0 Å². The first kappa shape index (κ1) is 13.1. The Morgan fingerprint density at radius 1 is 1.20 bits per heavy atom. The molecule has 1 N–H and O–H groups in total. The first-order valence-electron chi connectivity index (χ1n) is 6.49. The summed E-state index contributed by atoms with van der Waals surface area (Å²) >= 11 is 0. The zero-order chi connectivity index (χ0) is 14.2. The summed E-state index contributed by atoms with van der Waals surface area (Å²) in [6.45, 7) is 0. The normalized spacial score (nSPS) is 21.7. The fourth-order valence-electron chi connectivity index (χ4n) is 2.49. The molecule has 1 aliphatic heterocycles. The van der Waals surface area contributed by atoms with Crippen LogP contribution in [0.15, 0.2) is 41.4 Å². The number of rotatable bonds is 2. The quantitative estimate of drug-likeness (QED) is 0.861. The molecule has 2 aromatic rings. The lowest BCUT2D eigenvalue weighted by molar-refractivity contribution is 0.475. The number of fused-ring (bicyclic) bond motifs is 1. The molecule has 20 heavy (non-hydrogen) atoms. The molecule has 4 nitrogen and oxygen atoms in total. The van der Waals surface area contributed by atoms with E-state index in [1.807, 2.05) is 30.3 Å². The summed E-state index contributed by atoms with van der Waals surface area (Å²) in [4.78, 5) is 4.34. The van der Waals surface area contributed by atoms with Gasteiger partial charge in [0.2, 0.25) is 0 Å². The maximum atomic E-state index is 11.4. The summed E-state index contributed by atoms with van der Waals surface area (Å²) in [5, 5.41) is 11.9. The van der Waals surface area contributed by atoms with Crippen molar-refractivity contribution >= 4 is 26.8 Å². The van der Waals surface area contributed by atoms with E-state index < -0.39 is 9.84 Å². The van der Waals surface area contributed by atoms with Crippen molar-refractivity contribution in [3.8, 4) is 5.75 Å². The number of hydrogen-bond acceptors (Lipinski definition) is 4. The SMILES string of the molecule is O=S1(=O)CC[C@H](N=Cc2c(O)ccc3ccccc23)C1. The van der Waals surface area contributed by atoms with Gasteiger partial charge in [-0.2, -0.15) is 0 Å². The van der Waals surface area contributed by atoms with Gasteiger partial charge < -0.3 is 5.11 Å². The van der Waals surface area contributed by atoms with Crippen LogP contribution in [-0.2, 0) is 9.84 Å². The lowest BCUT2D eigenvalue weighted by atomic mass is 10.0. The summed E-state index contributed by atoms with van der Waals surface area (Å²) in [5.74, 6) is 0.472. The van der Waals surface area contributed by atoms with Gasteiger partial charge in [-0.05, 0) is 23.3 Å². The lowest BCUT2D eigenvalue weighted by Crippen LogP contribution is -2.07. The van der Waals surface area contributed by atoms with Crippen molar-refractivity contribution in [3.63, 3.8) is 0 Å². The minimum Gasteiger partial charge on any atom is -0.507 e. The molecule has 0 spiro atoms. The molecule has 0 radical (unpaired) electrons. The van der Waals surface area contributed by atoms with Crippen LogP contribution in [0.25, 0.3) is 10.8 Å². The van der Waals surface area contributed by atoms with E-state index in [1.54, 1.807) is 12.3 Å². The van der Waals surface area contributed by atoms with Crippen LogP contribution in [0.5, 0.6) is 5.75 Å². The average molecular weight is 289 g/mol. The molecule has 2 aromatic carbocycles. The standard InChI is InChI=1S/C15H15NO3S/c17-15-6-5-11-3-1-2-4-13(11)14(15)9-16-12-7-8-20(18,19)10-12/h1-6,9,12,17H,7-8,10H2/t12-/m0/s1. The molecule has 1 heterocycles. The van der Waals surface area contributed by atoms with Crippen molar-refractivity contribution in [2.75, 3.05) is 11.5 Å². The zero-order valence-corrected chi connectivity index (χ0v) is 11.7. The number of phenolic OH excluding ortho intramolecular Hbond substituents is 1. The molecular weight excluding hydrogens is 274 g/mol. The molecule has 0 amide bonds. The van der Waals surface area contributed by atoms with Gasteiger partial charge in [0.15, 0.2) is 9.84 Å². The highest BCUT2D eigenvalue weighted by molar-refractivity contribution is 7.91. The summed E-state index contributed by atoms with van der Waals surface area (Å²) in [6.07, 6.45) is 2.16. The van der Waals surface area contributed by atoms with E-state index in [4.69, 9.17) is 0 Å². The highest BCUT2D eigenvalue weighted by Gasteiger charge is 2.26. The fourth-order valence-corrected chi connectivity index (χ4v) is 4.13. The van der Waals surface area contributed by atoms with Crippen LogP contribution >= 0.6 is 0 Å². The van der Waals surface area contributed by atoms with Crippen molar-refractivity contribution in [2.45, 2.75) is 12.5 Å². The Hall–Kier alpha value is -1.88. The van der Waals surface area contributed by atoms with Crippen LogP contribution in [-0.4, -0.2) is 37.3 Å². The third-order valence-corrected chi connectivity index (χ3v) is 5.32. The van der Waals surface area contributed by atoms with Crippen LogP contribution in [0.1, 0.15) is 12.0 Å². The molecule has 0 saturated carbocycles. The summed E-state index contributed by atoms with van der Waals surface area (Å²) in [6, 6.07) is 11.0. The number of aliphatic imine (C=N–C) groups is 1. The third-order valence-electron chi connectivity index (χ3n) is 3.57. The van der Waals surface area contributed by atoms with Gasteiger partial charge in [0.05, 0.1) is 17.5 Å². The predicted octanol–water partition coefficient (Wildman–Crippen LogP) is 2.15. The van der Waals surface area contributed by atoms with Gasteiger partial charge in [-0.25, -0.2) is 8.42 Å². The van der Waals surface area contributed by atoms with Gasteiger partial charge in [-0.15, -0.1) is 0 Å². The van der Waals surface area contributed by atoms with Crippen molar-refractivity contribution in [2.24, 2.45) is 4.99 Å². The Bertz CT molecular complexity index is 781. The van der Waals surface area contributed by atoms with E-state index in [0.29, 0.717) is 12.0 Å². The number of nitrogens with zero attached hydrogens (tertiary/aromatic N) is 1. The Balaban J connectivity index is 1.97. The minimum absolute atomic E-state index is 0.106. The van der Waals surface area contributed by atoms with Crippen LogP contribution in [0.3, 0.4) is 0 Å². The molecule has 1 atom stereocenters. The number of hydrogen-bond donors (Lipinski definition) is 1. The molecular formula is C15H15NO3S. The van der Waals surface area contributed by atoms with Crippen molar-refractivity contribution in [3.05, 3.63) is 42.0 Å². The number of benzene rings is 2. The largest absolute Gasteiger partial charge is 0.507 e. The van der Waals surface area contributed by atoms with Crippen LogP contribution in [0, 0.1) is 0 Å². The van der Waals surface area contributed by atoms with E-state index in [-0.39, 0.29) is 23.3 Å². The second-order valence-electron chi connectivity index (χ2n) is 5.05. The first-order valence-corrected chi connectivity index (χ1v) is 8.32. The maximum absolute atomic E-state index is 11.4. The maximum Gasteiger partial charge on any atom is 0.152 e. The Labute approximate surface area is 117 Å². The lowest BCUT2D eigenvalue weighted by Gasteiger charge is -2.06. The van der Waals surface area contributed by atoms with Crippen molar-refractivity contribution < 1.29 is 13.5 Å². The monoisotopic (exact) mass is 289 g/mol. The molecule has 0 aromatic heterocycles. The van der Waals surface area contributed by atoms with Crippen molar-refractivity contribution in [1.82, 2.24) is 0 Å². The van der Waals surface area contributed by atoms with E-state index in [0.717, 1.165) is 10.8 Å². The number of phenols is 1. The Morgan fingerprint density at radius 2 is 2.00 bits per heavy atom. The summed E-state index contributed by atoms with van der Waals surface area (Å²) in [5.41, 5.74) is 0.646. The van der Waals surface area contributed by atoms with Gasteiger partial charge in [0, 0.05) is 11.8 Å². The molecule has 0 unspecified atom stereocenters. The molecule has 1 aliphatic rings. The summed E-state index contributed by atoms with van der Waals surface area (Å²) < 4.78 is 22.8. The van der Waals surface area contributed by atoms with Gasteiger partial charge in [0.25, 0.3) is 0 Å². The van der Waals surface area contributed by atoms with E-state index in [9.17, 15) is 13.5 Å². The topological polar surface area (TPSA) is 66.7 Å². The number of aromatic hydroxyl groups is 1. The molecule has 0 bridgehead atoms. The molecule has 0 aliphatic carbocycles.